The average Bonchev–Trinajstić information content (AvgIpc) is 3.24. The molecular weight excluding hydrogens is 743 g/mol. The summed E-state index contributed by atoms with van der Waals surface area (Å²) >= 11 is 0. The maximum absolute atomic E-state index is 13.2. The summed E-state index contributed by atoms with van der Waals surface area (Å²) in [6, 6.07) is -0.692. The Kier molecular flexibility index (Phi) is 48.0. The maximum Gasteiger partial charge on any atom is 0.306 e. The van der Waals surface area contributed by atoms with Gasteiger partial charge in [-0.25, -0.2) is 0 Å². The Morgan fingerprint density at radius 2 is 0.700 bits per heavy atom. The largest absolute Gasteiger partial charge is 0.462 e. The lowest BCUT2D eigenvalue weighted by Gasteiger charge is -2.24. The lowest BCUT2D eigenvalue weighted by molar-refractivity contribution is -0.151. The molecule has 3 unspecified atom stereocenters. The van der Waals surface area contributed by atoms with E-state index >= 15 is 0 Å². The van der Waals surface area contributed by atoms with Crippen LogP contribution < -0.4 is 5.32 Å². The quantitative estimate of drug-likeness (QED) is 0.0419. The predicted molar refractivity (Wildman–Crippen MR) is 260 cm³/mol. The van der Waals surface area contributed by atoms with Gasteiger partial charge in [-0.3, -0.25) is 9.59 Å². The molecule has 0 aliphatic heterocycles. The summed E-state index contributed by atoms with van der Waals surface area (Å²) < 4.78 is 5.93. The van der Waals surface area contributed by atoms with Gasteiger partial charge in [0.05, 0.1) is 25.2 Å². The summed E-state index contributed by atoms with van der Waals surface area (Å²) in [5.41, 5.74) is 0. The number of aliphatic hydroxyl groups is 2. The van der Waals surface area contributed by atoms with Crippen molar-refractivity contribution >= 4 is 11.9 Å². The highest BCUT2D eigenvalue weighted by Gasteiger charge is 2.24. The van der Waals surface area contributed by atoms with Crippen molar-refractivity contribution in [2.45, 2.75) is 328 Å². The van der Waals surface area contributed by atoms with E-state index in [-0.39, 0.29) is 24.9 Å². The van der Waals surface area contributed by atoms with Gasteiger partial charge in [0.2, 0.25) is 5.91 Å². The molecule has 6 heteroatoms. The molecule has 0 saturated heterocycles. The Hall–Kier alpha value is -1.14. The van der Waals surface area contributed by atoms with Crippen LogP contribution in [0.15, 0.2) is 0 Å². The van der Waals surface area contributed by atoms with E-state index in [0.29, 0.717) is 19.3 Å². The first kappa shape index (κ1) is 58.9. The van der Waals surface area contributed by atoms with E-state index in [9.17, 15) is 19.8 Å². The number of hydrogen-bond acceptors (Lipinski definition) is 5. The van der Waals surface area contributed by atoms with Crippen LogP contribution in [0.2, 0.25) is 0 Å². The minimum atomic E-state index is -0.779. The first-order valence-corrected chi connectivity index (χ1v) is 27.3. The predicted octanol–water partition coefficient (Wildman–Crippen LogP) is 16.4. The van der Waals surface area contributed by atoms with Gasteiger partial charge in [-0.1, -0.05) is 271 Å². The average molecular weight is 850 g/mol. The highest BCUT2D eigenvalue weighted by molar-refractivity contribution is 5.77. The minimum absolute atomic E-state index is 0.0878. The van der Waals surface area contributed by atoms with Crippen molar-refractivity contribution in [2.75, 3.05) is 6.61 Å². The molecule has 0 saturated carbocycles. The van der Waals surface area contributed by atoms with Gasteiger partial charge in [0.15, 0.2) is 0 Å². The van der Waals surface area contributed by atoms with Crippen molar-refractivity contribution < 1.29 is 24.5 Å². The number of aliphatic hydroxyl groups excluding tert-OH is 2. The number of hydrogen-bond donors (Lipinski definition) is 3. The number of carbonyl (C=O) groups is 2. The highest BCUT2D eigenvalue weighted by atomic mass is 16.5. The number of carbonyl (C=O) groups excluding carboxylic acids is 2. The van der Waals surface area contributed by atoms with Crippen LogP contribution in [0.5, 0.6) is 0 Å². The summed E-state index contributed by atoms with van der Waals surface area (Å²) in [6.07, 6.45) is 53.1. The van der Waals surface area contributed by atoms with E-state index in [1.807, 2.05) is 0 Å². The van der Waals surface area contributed by atoms with Crippen LogP contribution in [-0.4, -0.2) is 46.9 Å². The van der Waals surface area contributed by atoms with Crippen molar-refractivity contribution in [3.63, 3.8) is 0 Å². The third-order valence-corrected chi connectivity index (χ3v) is 12.9. The SMILES string of the molecule is CCCCCCCCCCCCCCCCCCC(CC(=O)NC(CO)C(O)CCCCCCCCCCCCCCCCCC)OC(=O)CCCCCCCCCCC. The Morgan fingerprint density at radius 1 is 0.417 bits per heavy atom. The van der Waals surface area contributed by atoms with E-state index in [0.717, 1.165) is 44.9 Å². The van der Waals surface area contributed by atoms with Crippen molar-refractivity contribution in [2.24, 2.45) is 0 Å². The Balaban J connectivity index is 4.42. The number of ether oxygens (including phenoxy) is 1. The molecule has 1 amide bonds. The second-order valence-corrected chi connectivity index (χ2v) is 19.0. The summed E-state index contributed by atoms with van der Waals surface area (Å²) in [6.45, 7) is 6.51. The number of amides is 1. The summed E-state index contributed by atoms with van der Waals surface area (Å²) in [5, 5.41) is 23.8. The third-order valence-electron chi connectivity index (χ3n) is 12.9. The normalized spacial score (nSPS) is 13.1. The maximum atomic E-state index is 13.2. The lowest BCUT2D eigenvalue weighted by Crippen LogP contribution is -2.46. The van der Waals surface area contributed by atoms with Gasteiger partial charge >= 0.3 is 5.97 Å². The standard InChI is InChI=1S/C54H107NO5/c1-4-7-10-13-16-19-21-23-25-27-29-31-34-36-39-42-45-50(60-54(59)47-44-41-38-33-18-15-12-9-6-3)48-53(58)55-51(49-56)52(57)46-43-40-37-35-32-30-28-26-24-22-20-17-14-11-8-5-2/h50-52,56-57H,4-49H2,1-3H3,(H,55,58). The van der Waals surface area contributed by atoms with Crippen molar-refractivity contribution in [3.05, 3.63) is 0 Å². The Morgan fingerprint density at radius 3 is 1.02 bits per heavy atom. The zero-order chi connectivity index (χ0) is 43.8. The molecule has 6 nitrogen and oxygen atoms in total. The van der Waals surface area contributed by atoms with Gasteiger partial charge in [-0.15, -0.1) is 0 Å². The van der Waals surface area contributed by atoms with Gasteiger partial charge in [-0.2, -0.15) is 0 Å². The molecule has 0 aliphatic carbocycles. The third kappa shape index (κ3) is 43.5. The summed E-state index contributed by atoms with van der Waals surface area (Å²) in [5.74, 6) is -0.452. The topological polar surface area (TPSA) is 95.9 Å². The fourth-order valence-corrected chi connectivity index (χ4v) is 8.79. The van der Waals surface area contributed by atoms with Gasteiger partial charge in [-0.05, 0) is 25.7 Å². The van der Waals surface area contributed by atoms with Gasteiger partial charge < -0.3 is 20.3 Å². The monoisotopic (exact) mass is 850 g/mol. The first-order chi connectivity index (χ1) is 29.5. The van der Waals surface area contributed by atoms with Crippen LogP contribution in [0.3, 0.4) is 0 Å². The smallest absolute Gasteiger partial charge is 0.306 e. The second-order valence-electron chi connectivity index (χ2n) is 19.0. The fourth-order valence-electron chi connectivity index (χ4n) is 8.79. The van der Waals surface area contributed by atoms with Crippen LogP contribution in [0.1, 0.15) is 310 Å². The van der Waals surface area contributed by atoms with E-state index in [2.05, 4.69) is 26.1 Å². The van der Waals surface area contributed by atoms with Crippen LogP contribution in [0, 0.1) is 0 Å². The lowest BCUT2D eigenvalue weighted by atomic mass is 10.0. The number of rotatable bonds is 50. The Bertz CT molecular complexity index is 867. The molecule has 0 fully saturated rings. The molecule has 0 aromatic carbocycles. The molecule has 0 aromatic heterocycles. The molecule has 0 aromatic rings. The molecule has 60 heavy (non-hydrogen) atoms. The molecule has 0 heterocycles. The molecule has 0 spiro atoms. The van der Waals surface area contributed by atoms with Crippen molar-refractivity contribution in [3.8, 4) is 0 Å². The molecule has 0 aliphatic rings. The van der Waals surface area contributed by atoms with Crippen molar-refractivity contribution in [1.29, 1.82) is 0 Å². The molecule has 0 bridgehead atoms. The molecule has 3 N–H and O–H groups in total. The summed E-state index contributed by atoms with van der Waals surface area (Å²) in [7, 11) is 0. The molecule has 0 radical (unpaired) electrons. The minimum Gasteiger partial charge on any atom is -0.462 e. The number of nitrogens with one attached hydrogen (secondary N) is 1. The second kappa shape index (κ2) is 48.9. The highest BCUT2D eigenvalue weighted by Crippen LogP contribution is 2.19. The van der Waals surface area contributed by atoms with Crippen LogP contribution in [0.25, 0.3) is 0 Å². The van der Waals surface area contributed by atoms with Crippen molar-refractivity contribution in [1.82, 2.24) is 5.32 Å². The molecule has 0 rings (SSSR count). The molecule has 358 valence electrons. The first-order valence-electron chi connectivity index (χ1n) is 27.3. The van der Waals surface area contributed by atoms with Crippen LogP contribution >= 0.6 is 0 Å². The van der Waals surface area contributed by atoms with Gasteiger partial charge in [0.25, 0.3) is 0 Å². The van der Waals surface area contributed by atoms with E-state index in [1.54, 1.807) is 0 Å². The van der Waals surface area contributed by atoms with Gasteiger partial charge in [0, 0.05) is 6.42 Å². The zero-order valence-corrected chi connectivity index (χ0v) is 40.9. The van der Waals surface area contributed by atoms with E-state index < -0.39 is 18.2 Å². The van der Waals surface area contributed by atoms with E-state index in [1.165, 1.54) is 218 Å². The fraction of sp³-hybridized carbons (Fsp3) is 0.963. The van der Waals surface area contributed by atoms with E-state index in [4.69, 9.17) is 4.74 Å². The number of unbranched alkanes of at least 4 members (excludes halogenated alkanes) is 38. The van der Waals surface area contributed by atoms with Crippen LogP contribution in [-0.2, 0) is 14.3 Å². The Labute approximate surface area is 375 Å². The van der Waals surface area contributed by atoms with Crippen LogP contribution in [0.4, 0.5) is 0 Å². The summed E-state index contributed by atoms with van der Waals surface area (Å²) in [4.78, 5) is 26.1. The molecular formula is C54H107NO5. The number of esters is 1. The molecule has 3 atom stereocenters. The van der Waals surface area contributed by atoms with Gasteiger partial charge in [0.1, 0.15) is 6.10 Å². The zero-order valence-electron chi connectivity index (χ0n) is 40.9.